The fourth-order valence-electron chi connectivity index (χ4n) is 7.05. The molecule has 1 aromatic heterocycles. The van der Waals surface area contributed by atoms with Gasteiger partial charge in [0.05, 0.1) is 0 Å². The van der Waals surface area contributed by atoms with E-state index in [2.05, 4.69) is 181 Å². The van der Waals surface area contributed by atoms with Crippen molar-refractivity contribution in [2.75, 3.05) is 4.90 Å². The monoisotopic (exact) mass is 696 g/mol. The predicted octanol–water partition coefficient (Wildman–Crippen LogP) is 14.7. The second-order valence-electron chi connectivity index (χ2n) is 12.8. The van der Waals surface area contributed by atoms with Gasteiger partial charge in [-0.05, 0) is 93.5 Å². The van der Waals surface area contributed by atoms with Gasteiger partial charge in [0.25, 0.3) is 0 Å². The van der Waals surface area contributed by atoms with Crippen molar-refractivity contribution in [2.24, 2.45) is 0 Å². The van der Waals surface area contributed by atoms with Gasteiger partial charge in [-0.3, -0.25) is 0 Å². The lowest BCUT2D eigenvalue weighted by Crippen LogP contribution is -2.09. The Kier molecular flexibility index (Phi) is 9.94. The molecule has 9 aromatic rings. The summed E-state index contributed by atoms with van der Waals surface area (Å²) in [6.45, 7) is 4.00. The Hall–Kier alpha value is -6.97. The van der Waals surface area contributed by atoms with E-state index in [4.69, 9.17) is 9.40 Å². The van der Waals surface area contributed by atoms with E-state index in [1.54, 1.807) is 0 Å². The molecular weight excluding hydrogens is 657 g/mol. The number of nitrogens with zero attached hydrogens (tertiary/aromatic N) is 2. The van der Waals surface area contributed by atoms with Crippen LogP contribution in [0.2, 0.25) is 0 Å². The second-order valence-corrected chi connectivity index (χ2v) is 12.8. The van der Waals surface area contributed by atoms with Crippen molar-refractivity contribution in [1.82, 2.24) is 4.98 Å². The van der Waals surface area contributed by atoms with Gasteiger partial charge in [0, 0.05) is 28.2 Å². The first-order valence-electron chi connectivity index (χ1n) is 18.5. The van der Waals surface area contributed by atoms with Crippen molar-refractivity contribution >= 4 is 28.2 Å². The van der Waals surface area contributed by atoms with Crippen molar-refractivity contribution in [3.63, 3.8) is 0 Å². The highest BCUT2D eigenvalue weighted by molar-refractivity contribution is 5.94. The second kappa shape index (κ2) is 15.7. The number of rotatable bonds is 8. The minimum atomic E-state index is 0.616. The largest absolute Gasteiger partial charge is 0.436 e. The number of hydrogen-bond donors (Lipinski definition) is 0. The van der Waals surface area contributed by atoms with E-state index in [1.807, 2.05) is 44.2 Å². The van der Waals surface area contributed by atoms with Gasteiger partial charge in [0.1, 0.15) is 5.52 Å². The van der Waals surface area contributed by atoms with Crippen LogP contribution >= 0.6 is 0 Å². The fraction of sp³-hybridized carbons (Fsp3) is 0.0392. The van der Waals surface area contributed by atoms with E-state index in [-0.39, 0.29) is 0 Å². The molecule has 1 heterocycles. The number of para-hydroxylation sites is 3. The first-order chi connectivity index (χ1) is 26.8. The maximum atomic E-state index is 6.28. The lowest BCUT2D eigenvalue weighted by atomic mass is 9.89. The zero-order valence-electron chi connectivity index (χ0n) is 30.4. The quantitative estimate of drug-likeness (QED) is 0.158. The van der Waals surface area contributed by atoms with E-state index in [0.29, 0.717) is 5.89 Å². The first kappa shape index (κ1) is 34.1. The Labute approximate surface area is 317 Å². The van der Waals surface area contributed by atoms with Gasteiger partial charge in [-0.25, -0.2) is 4.98 Å². The molecule has 260 valence electrons. The number of fused-ring (bicyclic) bond motifs is 1. The molecule has 0 aliphatic carbocycles. The maximum Gasteiger partial charge on any atom is 0.227 e. The van der Waals surface area contributed by atoms with E-state index in [9.17, 15) is 0 Å². The summed E-state index contributed by atoms with van der Waals surface area (Å²) in [5.74, 6) is 0.616. The lowest BCUT2D eigenvalue weighted by Gasteiger charge is -2.25. The van der Waals surface area contributed by atoms with Crippen molar-refractivity contribution in [1.29, 1.82) is 0 Å². The van der Waals surface area contributed by atoms with Crippen LogP contribution in [0.4, 0.5) is 17.1 Å². The standard InChI is InChI=1S/C49H34N2O.C2H6/c1-4-15-35(16-5-1)44-25-14-26-47-48(44)50-49(52-47)38-29-27-36(28-30-38)42-21-10-12-23-45(42)46-24-13-11-22-43(46)37-31-33-41(34-32-37)51(39-17-6-2-7-18-39)40-19-8-3-9-20-40;1-2/h1-34H;1-2H3. The third-order valence-corrected chi connectivity index (χ3v) is 9.56. The highest BCUT2D eigenvalue weighted by Crippen LogP contribution is 2.41. The van der Waals surface area contributed by atoms with Gasteiger partial charge in [-0.1, -0.05) is 166 Å². The molecule has 8 aromatic carbocycles. The van der Waals surface area contributed by atoms with Crippen LogP contribution in [-0.4, -0.2) is 4.98 Å². The summed E-state index contributed by atoms with van der Waals surface area (Å²) >= 11 is 0. The van der Waals surface area contributed by atoms with Crippen LogP contribution in [0.15, 0.2) is 211 Å². The Balaban J connectivity index is 0.00000203. The van der Waals surface area contributed by atoms with Crippen molar-refractivity contribution in [3.05, 3.63) is 206 Å². The maximum absolute atomic E-state index is 6.28. The van der Waals surface area contributed by atoms with Crippen LogP contribution in [0.25, 0.3) is 67.1 Å². The van der Waals surface area contributed by atoms with Crippen molar-refractivity contribution in [3.8, 4) is 56.0 Å². The molecule has 0 radical (unpaired) electrons. The van der Waals surface area contributed by atoms with Crippen LogP contribution in [0, 0.1) is 0 Å². The van der Waals surface area contributed by atoms with Gasteiger partial charge in [-0.15, -0.1) is 0 Å². The highest BCUT2D eigenvalue weighted by atomic mass is 16.3. The molecule has 0 atom stereocenters. The molecule has 0 bridgehead atoms. The summed E-state index contributed by atoms with van der Waals surface area (Å²) in [7, 11) is 0. The summed E-state index contributed by atoms with van der Waals surface area (Å²) in [4.78, 5) is 7.24. The number of aromatic nitrogens is 1. The molecule has 0 saturated carbocycles. The Bertz CT molecular complexity index is 2550. The van der Waals surface area contributed by atoms with Crippen LogP contribution in [-0.2, 0) is 0 Å². The molecular formula is C51H40N2O. The van der Waals surface area contributed by atoms with Crippen LogP contribution in [0.3, 0.4) is 0 Å². The normalized spacial score (nSPS) is 10.8. The minimum Gasteiger partial charge on any atom is -0.436 e. The molecule has 3 nitrogen and oxygen atoms in total. The molecule has 0 spiro atoms. The zero-order chi connectivity index (χ0) is 36.7. The van der Waals surface area contributed by atoms with Gasteiger partial charge >= 0.3 is 0 Å². The molecule has 0 unspecified atom stereocenters. The van der Waals surface area contributed by atoms with Gasteiger partial charge in [-0.2, -0.15) is 0 Å². The third kappa shape index (κ3) is 6.83. The molecule has 3 heteroatoms. The molecule has 0 aliphatic heterocycles. The summed E-state index contributed by atoms with van der Waals surface area (Å²) in [6.07, 6.45) is 0. The van der Waals surface area contributed by atoms with Gasteiger partial charge in [0.2, 0.25) is 5.89 Å². The summed E-state index contributed by atoms with van der Waals surface area (Å²) in [5.41, 5.74) is 15.1. The number of benzene rings is 8. The average molecular weight is 697 g/mol. The summed E-state index contributed by atoms with van der Waals surface area (Å²) in [6, 6.07) is 72.2. The molecule has 54 heavy (non-hydrogen) atoms. The summed E-state index contributed by atoms with van der Waals surface area (Å²) < 4.78 is 6.28. The highest BCUT2D eigenvalue weighted by Gasteiger charge is 2.17. The molecule has 0 saturated heterocycles. The Morgan fingerprint density at radius 3 is 1.26 bits per heavy atom. The molecule has 9 rings (SSSR count). The van der Waals surface area contributed by atoms with Crippen LogP contribution < -0.4 is 4.90 Å². The van der Waals surface area contributed by atoms with E-state index in [1.165, 1.54) is 22.3 Å². The van der Waals surface area contributed by atoms with E-state index < -0.39 is 0 Å². The van der Waals surface area contributed by atoms with Gasteiger partial charge < -0.3 is 9.32 Å². The number of hydrogen-bond acceptors (Lipinski definition) is 3. The topological polar surface area (TPSA) is 29.3 Å². The molecule has 0 aliphatic rings. The van der Waals surface area contributed by atoms with Crippen molar-refractivity contribution < 1.29 is 4.42 Å². The number of oxazole rings is 1. The predicted molar refractivity (Wildman–Crippen MR) is 227 cm³/mol. The van der Waals surface area contributed by atoms with E-state index >= 15 is 0 Å². The van der Waals surface area contributed by atoms with Gasteiger partial charge in [0.15, 0.2) is 5.58 Å². The zero-order valence-corrected chi connectivity index (χ0v) is 30.4. The van der Waals surface area contributed by atoms with Crippen LogP contribution in [0.5, 0.6) is 0 Å². The molecule has 0 N–H and O–H groups in total. The SMILES string of the molecule is CC.c1ccc(-c2cccc3oc(-c4ccc(-c5ccccc5-c5ccccc5-c5ccc(N(c6ccccc6)c6ccccc6)cc5)cc4)nc23)cc1. The lowest BCUT2D eigenvalue weighted by molar-refractivity contribution is 0.620. The van der Waals surface area contributed by atoms with Crippen LogP contribution in [0.1, 0.15) is 13.8 Å². The Morgan fingerprint density at radius 1 is 0.333 bits per heavy atom. The first-order valence-corrected chi connectivity index (χ1v) is 18.5. The summed E-state index contributed by atoms with van der Waals surface area (Å²) in [5, 5.41) is 0. The third-order valence-electron chi connectivity index (χ3n) is 9.56. The smallest absolute Gasteiger partial charge is 0.227 e. The Morgan fingerprint density at radius 2 is 0.722 bits per heavy atom. The van der Waals surface area contributed by atoms with Crippen molar-refractivity contribution in [2.45, 2.75) is 13.8 Å². The molecule has 0 fully saturated rings. The molecule has 0 amide bonds. The number of anilines is 3. The fourth-order valence-corrected chi connectivity index (χ4v) is 7.05. The average Bonchev–Trinajstić information content (AvgIpc) is 3.71. The van der Waals surface area contributed by atoms with E-state index in [0.717, 1.165) is 56.0 Å². The minimum absolute atomic E-state index is 0.616.